The van der Waals surface area contributed by atoms with Crippen molar-refractivity contribution in [3.63, 3.8) is 0 Å². The number of hydrogen-bond acceptors (Lipinski definition) is 0. The molecule has 0 aliphatic carbocycles. The summed E-state index contributed by atoms with van der Waals surface area (Å²) in [5.41, 5.74) is 0. The van der Waals surface area contributed by atoms with E-state index >= 15 is 0 Å². The number of halogens is 2. The van der Waals surface area contributed by atoms with Crippen molar-refractivity contribution in [3.05, 3.63) is 73.3 Å². The number of benzene rings is 2. The molecule has 0 nitrogen and oxygen atoms in total. The molecular formula is C15H16Cl2Si. The van der Waals surface area contributed by atoms with Crippen LogP contribution in [0.5, 0.6) is 0 Å². The molecule has 2 aromatic carbocycles. The van der Waals surface area contributed by atoms with Crippen LogP contribution in [0.25, 0.3) is 0 Å². The molecule has 0 saturated carbocycles. The lowest BCUT2D eigenvalue weighted by Gasteiger charge is -2.17. The Kier molecular flexibility index (Phi) is 6.20. The molecule has 0 bridgehead atoms. The summed E-state index contributed by atoms with van der Waals surface area (Å²) in [5.74, 6) is 0. The van der Waals surface area contributed by atoms with Gasteiger partial charge in [-0.3, -0.25) is 0 Å². The van der Waals surface area contributed by atoms with Gasteiger partial charge >= 0.3 is 6.69 Å². The predicted molar refractivity (Wildman–Crippen MR) is 85.5 cm³/mol. The fourth-order valence-corrected chi connectivity index (χ4v) is 4.53. The first-order valence-electron chi connectivity index (χ1n) is 5.68. The molecule has 0 atom stereocenters. The van der Waals surface area contributed by atoms with Crippen molar-refractivity contribution in [2.45, 2.75) is 6.92 Å². The topological polar surface area (TPSA) is 0 Å². The van der Waals surface area contributed by atoms with Crippen LogP contribution in [-0.4, -0.2) is 6.69 Å². The highest BCUT2D eigenvalue weighted by molar-refractivity contribution is 7.56. The average molecular weight is 295 g/mol. The van der Waals surface area contributed by atoms with Gasteiger partial charge in [-0.2, -0.15) is 0 Å². The van der Waals surface area contributed by atoms with E-state index in [-0.39, 0.29) is 0 Å². The van der Waals surface area contributed by atoms with Gasteiger partial charge in [0.15, 0.2) is 0 Å². The van der Waals surface area contributed by atoms with Gasteiger partial charge in [-0.1, -0.05) is 66.7 Å². The van der Waals surface area contributed by atoms with Crippen LogP contribution in [0.4, 0.5) is 0 Å². The highest BCUT2D eigenvalue weighted by Crippen LogP contribution is 2.14. The Bertz CT molecular complexity index is 425. The van der Waals surface area contributed by atoms with E-state index < -0.39 is 6.69 Å². The highest BCUT2D eigenvalue weighted by Gasteiger charge is 2.32. The second kappa shape index (κ2) is 7.42. The van der Waals surface area contributed by atoms with Crippen LogP contribution in [0.3, 0.4) is 0 Å². The lowest BCUT2D eigenvalue weighted by molar-refractivity contribution is 1.74. The smallest absolute Gasteiger partial charge is 0.134 e. The van der Waals surface area contributed by atoms with Crippen LogP contribution < -0.4 is 10.4 Å². The van der Waals surface area contributed by atoms with Crippen molar-refractivity contribution in [2.24, 2.45) is 0 Å². The number of allylic oxidation sites excluding steroid dienone is 1. The van der Waals surface area contributed by atoms with E-state index in [4.69, 9.17) is 22.2 Å². The van der Waals surface area contributed by atoms with Crippen LogP contribution in [0.15, 0.2) is 73.3 Å². The molecule has 0 aliphatic rings. The van der Waals surface area contributed by atoms with E-state index in [2.05, 4.69) is 6.58 Å². The highest BCUT2D eigenvalue weighted by atomic mass is 35.7. The fraction of sp³-hybridized carbons (Fsp3) is 0.0667. The van der Waals surface area contributed by atoms with Gasteiger partial charge < -0.3 is 0 Å². The molecule has 0 fully saturated rings. The molecule has 3 heteroatoms. The lowest BCUT2D eigenvalue weighted by Crippen LogP contribution is -2.48. The molecule has 2 rings (SSSR count). The maximum Gasteiger partial charge on any atom is 0.310 e. The van der Waals surface area contributed by atoms with Crippen LogP contribution in [-0.2, 0) is 0 Å². The summed E-state index contributed by atoms with van der Waals surface area (Å²) >= 11 is 13.0. The predicted octanol–water partition coefficient (Wildman–Crippen LogP) is 3.91. The van der Waals surface area contributed by atoms with E-state index in [1.165, 1.54) is 0 Å². The van der Waals surface area contributed by atoms with E-state index in [0.29, 0.717) is 0 Å². The fourth-order valence-electron chi connectivity index (χ4n) is 1.46. The quantitative estimate of drug-likeness (QED) is 0.447. The van der Waals surface area contributed by atoms with Gasteiger partial charge in [0, 0.05) is 0 Å². The second-order valence-electron chi connectivity index (χ2n) is 3.71. The molecule has 0 N–H and O–H groups in total. The Morgan fingerprint density at radius 3 is 1.39 bits per heavy atom. The summed E-state index contributed by atoms with van der Waals surface area (Å²) in [4.78, 5) is 0. The third-order valence-electron chi connectivity index (χ3n) is 2.27. The van der Waals surface area contributed by atoms with Gasteiger partial charge in [0.2, 0.25) is 0 Å². The largest absolute Gasteiger partial charge is 0.310 e. The first-order chi connectivity index (χ1) is 8.62. The Morgan fingerprint density at radius 2 is 1.11 bits per heavy atom. The van der Waals surface area contributed by atoms with E-state index in [9.17, 15) is 0 Å². The zero-order valence-electron chi connectivity index (χ0n) is 10.3. The zero-order chi connectivity index (χ0) is 13.4. The van der Waals surface area contributed by atoms with Crippen molar-refractivity contribution in [2.75, 3.05) is 0 Å². The molecular weight excluding hydrogens is 279 g/mol. The summed E-state index contributed by atoms with van der Waals surface area (Å²) in [6.45, 7) is 2.74. The molecule has 0 aliphatic heterocycles. The van der Waals surface area contributed by atoms with E-state index in [0.717, 1.165) is 10.4 Å². The van der Waals surface area contributed by atoms with Gasteiger partial charge in [0.05, 0.1) is 0 Å². The Hall–Kier alpha value is -1.02. The SMILES string of the molecule is C=CC.Cl[Si](Cl)(c1ccccc1)c1ccccc1. The molecule has 2 aromatic rings. The van der Waals surface area contributed by atoms with Crippen molar-refractivity contribution in [3.8, 4) is 0 Å². The first-order valence-corrected chi connectivity index (χ1v) is 9.71. The normalized spacial score (nSPS) is 10.2. The maximum absolute atomic E-state index is 6.49. The Balaban J connectivity index is 0.000000492. The standard InChI is InChI=1S/C12H10Cl2Si.C3H6/c13-15(14,11-7-3-1-4-8-11)12-9-5-2-6-10-12;1-3-2/h1-10H;3H,1H2,2H3. The Morgan fingerprint density at radius 1 is 0.833 bits per heavy atom. The average Bonchev–Trinajstić information content (AvgIpc) is 2.42. The van der Waals surface area contributed by atoms with Crippen molar-refractivity contribution >= 4 is 39.2 Å². The zero-order valence-corrected chi connectivity index (χ0v) is 12.8. The molecule has 0 radical (unpaired) electrons. The van der Waals surface area contributed by atoms with Crippen LogP contribution in [0, 0.1) is 0 Å². The van der Waals surface area contributed by atoms with E-state index in [1.807, 2.05) is 67.6 Å². The molecule has 0 amide bonds. The Labute approximate surface area is 119 Å². The van der Waals surface area contributed by atoms with Crippen molar-refractivity contribution in [1.82, 2.24) is 0 Å². The van der Waals surface area contributed by atoms with Gasteiger partial charge in [-0.05, 0) is 17.3 Å². The molecule has 94 valence electrons. The molecule has 0 saturated heterocycles. The van der Waals surface area contributed by atoms with Crippen LogP contribution >= 0.6 is 22.2 Å². The minimum atomic E-state index is -2.51. The first kappa shape index (κ1) is 15.0. The van der Waals surface area contributed by atoms with Gasteiger partial charge in [-0.25, -0.2) is 0 Å². The molecule has 0 aromatic heterocycles. The second-order valence-corrected chi connectivity index (χ2v) is 10.0. The van der Waals surface area contributed by atoms with Crippen molar-refractivity contribution < 1.29 is 0 Å². The molecule has 0 unspecified atom stereocenters. The summed E-state index contributed by atoms with van der Waals surface area (Å²) < 4.78 is 0. The molecule has 0 heterocycles. The van der Waals surface area contributed by atoms with Crippen LogP contribution in [0.1, 0.15) is 6.92 Å². The molecule has 0 spiro atoms. The number of hydrogen-bond donors (Lipinski definition) is 0. The summed E-state index contributed by atoms with van der Waals surface area (Å²) in [6.07, 6.45) is 1.75. The van der Waals surface area contributed by atoms with E-state index in [1.54, 1.807) is 6.08 Å². The summed E-state index contributed by atoms with van der Waals surface area (Å²) in [7, 11) is 0. The molecule has 18 heavy (non-hydrogen) atoms. The maximum atomic E-state index is 6.49. The van der Waals surface area contributed by atoms with Gasteiger partial charge in [-0.15, -0.1) is 28.7 Å². The van der Waals surface area contributed by atoms with Gasteiger partial charge in [0.1, 0.15) is 0 Å². The van der Waals surface area contributed by atoms with Crippen LogP contribution in [0.2, 0.25) is 0 Å². The number of rotatable bonds is 2. The third kappa shape index (κ3) is 4.02. The summed E-state index contributed by atoms with van der Waals surface area (Å²) in [5, 5.41) is 2.05. The monoisotopic (exact) mass is 294 g/mol. The minimum absolute atomic E-state index is 1.03. The summed E-state index contributed by atoms with van der Waals surface area (Å²) in [6, 6.07) is 19.7. The third-order valence-corrected chi connectivity index (χ3v) is 7.01. The minimum Gasteiger partial charge on any atom is -0.134 e. The van der Waals surface area contributed by atoms with Gasteiger partial charge in [0.25, 0.3) is 0 Å². The lowest BCUT2D eigenvalue weighted by atomic mass is 10.4. The van der Waals surface area contributed by atoms with Crippen molar-refractivity contribution in [1.29, 1.82) is 0 Å².